The molecule has 3 nitrogen and oxygen atoms in total. The lowest BCUT2D eigenvalue weighted by Crippen LogP contribution is -2.46. The third-order valence-corrected chi connectivity index (χ3v) is 4.49. The molecule has 116 valence electrons. The number of halogens is 2. The molecule has 1 aliphatic rings. The van der Waals surface area contributed by atoms with Gasteiger partial charge in [-0.2, -0.15) is 0 Å². The van der Waals surface area contributed by atoms with E-state index in [9.17, 15) is 13.6 Å². The molecule has 1 aliphatic heterocycles. The fourth-order valence-electron chi connectivity index (χ4n) is 2.99. The molecule has 1 N–H and O–H groups in total. The van der Waals surface area contributed by atoms with Crippen LogP contribution in [0.3, 0.4) is 0 Å². The summed E-state index contributed by atoms with van der Waals surface area (Å²) in [5, 5.41) is 3.24. The first-order valence-corrected chi connectivity index (χ1v) is 7.27. The van der Waals surface area contributed by atoms with E-state index >= 15 is 0 Å². The van der Waals surface area contributed by atoms with E-state index in [0.717, 1.165) is 19.0 Å². The van der Waals surface area contributed by atoms with Gasteiger partial charge in [-0.15, -0.1) is 0 Å². The van der Waals surface area contributed by atoms with E-state index in [1.807, 2.05) is 13.8 Å². The topological polar surface area (TPSA) is 32.3 Å². The number of carbonyl (C=O) groups is 1. The molecule has 1 unspecified atom stereocenters. The van der Waals surface area contributed by atoms with Crippen molar-refractivity contribution in [1.29, 1.82) is 0 Å². The molecule has 0 aromatic heterocycles. The second-order valence-corrected chi connectivity index (χ2v) is 6.13. The number of hydrogen-bond donors (Lipinski definition) is 1. The van der Waals surface area contributed by atoms with Gasteiger partial charge in [-0.1, -0.05) is 19.9 Å². The minimum absolute atomic E-state index is 0.0197. The van der Waals surface area contributed by atoms with Gasteiger partial charge < -0.3 is 10.2 Å². The maximum atomic E-state index is 13.7. The van der Waals surface area contributed by atoms with Crippen LogP contribution in [-0.2, 0) is 11.3 Å². The van der Waals surface area contributed by atoms with Gasteiger partial charge in [0, 0.05) is 31.8 Å². The van der Waals surface area contributed by atoms with Crippen LogP contribution >= 0.6 is 0 Å². The predicted octanol–water partition coefficient (Wildman–Crippen LogP) is 2.56. The van der Waals surface area contributed by atoms with Crippen LogP contribution in [0.1, 0.15) is 25.8 Å². The summed E-state index contributed by atoms with van der Waals surface area (Å²) in [6.07, 6.45) is 0.791. The van der Waals surface area contributed by atoms with Gasteiger partial charge in [0.2, 0.25) is 5.91 Å². The second-order valence-electron chi connectivity index (χ2n) is 6.13. The maximum absolute atomic E-state index is 13.7. The standard InChI is InChI=1S/C16H22F2N2O/c1-11(2)16(6-7-19-10-16)15(21)20(3)9-12-4-5-13(17)8-14(12)18/h4-5,8,11,19H,6-7,9-10H2,1-3H3. The van der Waals surface area contributed by atoms with Crippen LogP contribution in [0.4, 0.5) is 8.78 Å². The van der Waals surface area contributed by atoms with Crippen molar-refractivity contribution in [2.24, 2.45) is 11.3 Å². The summed E-state index contributed by atoms with van der Waals surface area (Å²) in [4.78, 5) is 14.3. The van der Waals surface area contributed by atoms with E-state index in [4.69, 9.17) is 0 Å². The first-order valence-electron chi connectivity index (χ1n) is 7.27. The van der Waals surface area contributed by atoms with Gasteiger partial charge >= 0.3 is 0 Å². The lowest BCUT2D eigenvalue weighted by Gasteiger charge is -2.35. The number of amides is 1. The number of nitrogens with zero attached hydrogens (tertiary/aromatic N) is 1. The molecular weight excluding hydrogens is 274 g/mol. The molecule has 1 aromatic rings. The van der Waals surface area contributed by atoms with Crippen LogP contribution < -0.4 is 5.32 Å². The summed E-state index contributed by atoms with van der Waals surface area (Å²) in [5.74, 6) is -0.992. The maximum Gasteiger partial charge on any atom is 0.230 e. The number of carbonyl (C=O) groups excluding carboxylic acids is 1. The Bertz CT molecular complexity index is 525. The number of benzene rings is 1. The van der Waals surface area contributed by atoms with Crippen LogP contribution in [0.25, 0.3) is 0 Å². The highest BCUT2D eigenvalue weighted by molar-refractivity contribution is 5.83. The molecule has 1 aromatic carbocycles. The molecule has 21 heavy (non-hydrogen) atoms. The Morgan fingerprint density at radius 1 is 1.43 bits per heavy atom. The van der Waals surface area contributed by atoms with Crippen LogP contribution in [0.2, 0.25) is 0 Å². The van der Waals surface area contributed by atoms with Gasteiger partial charge in [0.15, 0.2) is 0 Å². The quantitative estimate of drug-likeness (QED) is 0.926. The molecule has 1 amide bonds. The lowest BCUT2D eigenvalue weighted by atomic mass is 9.75. The smallest absolute Gasteiger partial charge is 0.230 e. The minimum Gasteiger partial charge on any atom is -0.341 e. The molecular formula is C16H22F2N2O. The molecule has 1 saturated heterocycles. The monoisotopic (exact) mass is 296 g/mol. The zero-order valence-electron chi connectivity index (χ0n) is 12.7. The first kappa shape index (κ1) is 15.9. The van der Waals surface area contributed by atoms with E-state index in [2.05, 4.69) is 5.32 Å². The fraction of sp³-hybridized carbons (Fsp3) is 0.562. The molecule has 0 saturated carbocycles. The summed E-state index contributed by atoms with van der Waals surface area (Å²) >= 11 is 0. The van der Waals surface area contributed by atoms with Crippen LogP contribution in [0.15, 0.2) is 18.2 Å². The summed E-state index contributed by atoms with van der Waals surface area (Å²) in [7, 11) is 1.67. The Hall–Kier alpha value is -1.49. The number of nitrogens with one attached hydrogen (secondary N) is 1. The van der Waals surface area contributed by atoms with E-state index in [1.165, 1.54) is 12.1 Å². The number of rotatable bonds is 4. The number of hydrogen-bond acceptors (Lipinski definition) is 2. The zero-order chi connectivity index (χ0) is 15.6. The van der Waals surface area contributed by atoms with E-state index in [1.54, 1.807) is 11.9 Å². The lowest BCUT2D eigenvalue weighted by molar-refractivity contribution is -0.142. The second kappa shape index (κ2) is 6.10. The molecule has 1 atom stereocenters. The summed E-state index contributed by atoms with van der Waals surface area (Å²) in [6, 6.07) is 3.46. The minimum atomic E-state index is -0.613. The Morgan fingerprint density at radius 2 is 2.14 bits per heavy atom. The summed E-state index contributed by atoms with van der Waals surface area (Å²) < 4.78 is 26.6. The van der Waals surface area contributed by atoms with Gasteiger partial charge in [-0.3, -0.25) is 4.79 Å². The Labute approximate surface area is 124 Å². The van der Waals surface area contributed by atoms with Gasteiger partial charge in [0.05, 0.1) is 5.41 Å². The van der Waals surface area contributed by atoms with Crippen molar-refractivity contribution < 1.29 is 13.6 Å². The van der Waals surface area contributed by atoms with Crippen LogP contribution in [0.5, 0.6) is 0 Å². The third-order valence-electron chi connectivity index (χ3n) is 4.49. The van der Waals surface area contributed by atoms with Gasteiger partial charge in [-0.05, 0) is 24.9 Å². The highest BCUT2D eigenvalue weighted by Gasteiger charge is 2.45. The highest BCUT2D eigenvalue weighted by Crippen LogP contribution is 2.36. The van der Waals surface area contributed by atoms with Crippen molar-refractivity contribution in [3.63, 3.8) is 0 Å². The van der Waals surface area contributed by atoms with Crippen molar-refractivity contribution in [3.05, 3.63) is 35.4 Å². The highest BCUT2D eigenvalue weighted by atomic mass is 19.1. The summed E-state index contributed by atoms with van der Waals surface area (Å²) in [5.41, 5.74) is -0.0947. The third kappa shape index (κ3) is 3.07. The fourth-order valence-corrected chi connectivity index (χ4v) is 2.99. The summed E-state index contributed by atoms with van der Waals surface area (Å²) in [6.45, 7) is 5.70. The molecule has 2 rings (SSSR count). The average Bonchev–Trinajstić information content (AvgIpc) is 2.91. The molecule has 0 spiro atoms. The van der Waals surface area contributed by atoms with Gasteiger partial charge in [0.25, 0.3) is 0 Å². The van der Waals surface area contributed by atoms with E-state index in [0.29, 0.717) is 12.1 Å². The Morgan fingerprint density at radius 3 is 2.67 bits per heavy atom. The molecule has 1 fully saturated rings. The van der Waals surface area contributed by atoms with E-state index in [-0.39, 0.29) is 18.4 Å². The molecule has 0 radical (unpaired) electrons. The molecule has 5 heteroatoms. The van der Waals surface area contributed by atoms with Crippen LogP contribution in [0, 0.1) is 23.0 Å². The Kier molecular flexibility index (Phi) is 4.61. The van der Waals surface area contributed by atoms with Crippen molar-refractivity contribution in [2.45, 2.75) is 26.8 Å². The average molecular weight is 296 g/mol. The molecule has 1 heterocycles. The van der Waals surface area contributed by atoms with Crippen molar-refractivity contribution >= 4 is 5.91 Å². The Balaban J connectivity index is 2.15. The van der Waals surface area contributed by atoms with Gasteiger partial charge in [0.1, 0.15) is 11.6 Å². The van der Waals surface area contributed by atoms with E-state index < -0.39 is 17.0 Å². The zero-order valence-corrected chi connectivity index (χ0v) is 12.7. The molecule has 0 aliphatic carbocycles. The largest absolute Gasteiger partial charge is 0.341 e. The first-order chi connectivity index (χ1) is 9.86. The predicted molar refractivity (Wildman–Crippen MR) is 77.6 cm³/mol. The molecule has 0 bridgehead atoms. The van der Waals surface area contributed by atoms with Crippen molar-refractivity contribution in [1.82, 2.24) is 10.2 Å². The van der Waals surface area contributed by atoms with Gasteiger partial charge in [-0.25, -0.2) is 8.78 Å². The van der Waals surface area contributed by atoms with Crippen LogP contribution in [-0.4, -0.2) is 30.9 Å². The van der Waals surface area contributed by atoms with Crippen molar-refractivity contribution in [3.8, 4) is 0 Å². The van der Waals surface area contributed by atoms with Crippen molar-refractivity contribution in [2.75, 3.05) is 20.1 Å². The SMILES string of the molecule is CC(C)C1(C(=O)N(C)Cc2ccc(F)cc2F)CCNC1. The normalized spacial score (nSPS) is 21.8.